The van der Waals surface area contributed by atoms with E-state index in [2.05, 4.69) is 0 Å². The Morgan fingerprint density at radius 1 is 0.880 bits per heavy atom. The molecule has 0 atom stereocenters. The molecule has 1 aliphatic rings. The third-order valence-electron chi connectivity index (χ3n) is 4.90. The molecule has 0 aliphatic carbocycles. The van der Waals surface area contributed by atoms with Crippen molar-refractivity contribution in [3.63, 3.8) is 0 Å². The van der Waals surface area contributed by atoms with Gasteiger partial charge in [-0.3, -0.25) is 0 Å². The average Bonchev–Trinajstić information content (AvgIpc) is 2.76. The van der Waals surface area contributed by atoms with E-state index in [1.54, 1.807) is 6.07 Å². The van der Waals surface area contributed by atoms with Crippen LogP contribution in [-0.2, 0) is 9.31 Å². The maximum atomic E-state index is 14.6. The van der Waals surface area contributed by atoms with Crippen molar-refractivity contribution in [1.29, 1.82) is 5.26 Å². The van der Waals surface area contributed by atoms with Gasteiger partial charge in [-0.05, 0) is 57.4 Å². The first-order chi connectivity index (χ1) is 11.6. The number of rotatable bonds is 2. The zero-order valence-corrected chi connectivity index (χ0v) is 14.6. The van der Waals surface area contributed by atoms with Crippen LogP contribution in [0.25, 0.3) is 11.1 Å². The monoisotopic (exact) mass is 341 g/mol. The van der Waals surface area contributed by atoms with Crippen molar-refractivity contribution >= 4 is 12.6 Å². The minimum Gasteiger partial charge on any atom is -0.399 e. The lowest BCUT2D eigenvalue weighted by Gasteiger charge is -2.32. The van der Waals surface area contributed by atoms with Gasteiger partial charge in [0.05, 0.1) is 22.8 Å². The van der Waals surface area contributed by atoms with Crippen LogP contribution in [0.1, 0.15) is 33.3 Å². The average molecular weight is 341 g/mol. The number of halogens is 2. The van der Waals surface area contributed by atoms with E-state index in [0.717, 1.165) is 6.07 Å². The maximum absolute atomic E-state index is 14.6. The molecule has 1 aliphatic heterocycles. The highest BCUT2D eigenvalue weighted by Gasteiger charge is 2.51. The Labute approximate surface area is 146 Å². The summed E-state index contributed by atoms with van der Waals surface area (Å²) in [6.45, 7) is 7.67. The number of hydrogen-bond donors (Lipinski definition) is 0. The Morgan fingerprint density at radius 3 is 2.08 bits per heavy atom. The SMILES string of the molecule is CC1(C)OB(c2ccc(-c3cc(C#N)ccc3F)c(F)c2)OC1(C)C. The predicted octanol–water partition coefficient (Wildman–Crippen LogP) is 3.80. The van der Waals surface area contributed by atoms with Crippen molar-refractivity contribution in [2.24, 2.45) is 0 Å². The van der Waals surface area contributed by atoms with Gasteiger partial charge in [0.15, 0.2) is 0 Å². The van der Waals surface area contributed by atoms with E-state index >= 15 is 0 Å². The fourth-order valence-electron chi connectivity index (χ4n) is 2.68. The Morgan fingerprint density at radius 2 is 1.52 bits per heavy atom. The van der Waals surface area contributed by atoms with Crippen LogP contribution in [0.4, 0.5) is 8.78 Å². The molecule has 0 bridgehead atoms. The van der Waals surface area contributed by atoms with Crippen LogP contribution in [0.3, 0.4) is 0 Å². The van der Waals surface area contributed by atoms with Gasteiger partial charge in [-0.2, -0.15) is 5.26 Å². The summed E-state index contributed by atoms with van der Waals surface area (Å²) in [5, 5.41) is 8.96. The van der Waals surface area contributed by atoms with Crippen molar-refractivity contribution in [3.8, 4) is 17.2 Å². The van der Waals surface area contributed by atoms with Crippen LogP contribution >= 0.6 is 0 Å². The number of hydrogen-bond acceptors (Lipinski definition) is 3. The third-order valence-corrected chi connectivity index (χ3v) is 4.90. The van der Waals surface area contributed by atoms with Gasteiger partial charge < -0.3 is 9.31 Å². The molecular formula is C19H18BF2NO2. The molecule has 0 unspecified atom stereocenters. The zero-order chi connectivity index (χ0) is 18.4. The van der Waals surface area contributed by atoms with Gasteiger partial charge in [-0.1, -0.05) is 12.1 Å². The van der Waals surface area contributed by atoms with Crippen molar-refractivity contribution in [1.82, 2.24) is 0 Å². The van der Waals surface area contributed by atoms with Crippen LogP contribution in [0.5, 0.6) is 0 Å². The molecule has 6 heteroatoms. The fraction of sp³-hybridized carbons (Fsp3) is 0.316. The molecule has 2 aromatic carbocycles. The summed E-state index contributed by atoms with van der Waals surface area (Å²) in [5.74, 6) is -1.18. The summed E-state index contributed by atoms with van der Waals surface area (Å²) in [5.41, 5.74) is -0.116. The quantitative estimate of drug-likeness (QED) is 0.781. The molecule has 1 heterocycles. The molecular weight excluding hydrogens is 323 g/mol. The van der Waals surface area contributed by atoms with Crippen LogP contribution in [0.15, 0.2) is 36.4 Å². The van der Waals surface area contributed by atoms with E-state index in [-0.39, 0.29) is 16.7 Å². The van der Waals surface area contributed by atoms with E-state index < -0.39 is 30.0 Å². The highest BCUT2D eigenvalue weighted by Crippen LogP contribution is 2.36. The molecule has 3 nitrogen and oxygen atoms in total. The van der Waals surface area contributed by atoms with Crippen molar-refractivity contribution in [2.75, 3.05) is 0 Å². The van der Waals surface area contributed by atoms with Gasteiger partial charge in [0.25, 0.3) is 0 Å². The topological polar surface area (TPSA) is 42.2 Å². The first-order valence-electron chi connectivity index (χ1n) is 8.00. The van der Waals surface area contributed by atoms with Crippen molar-refractivity contribution < 1.29 is 18.1 Å². The van der Waals surface area contributed by atoms with Gasteiger partial charge in [-0.15, -0.1) is 0 Å². The summed E-state index contributed by atoms with van der Waals surface area (Å²) >= 11 is 0. The second-order valence-electron chi connectivity index (χ2n) is 7.13. The van der Waals surface area contributed by atoms with E-state index in [9.17, 15) is 8.78 Å². The molecule has 128 valence electrons. The molecule has 0 radical (unpaired) electrons. The van der Waals surface area contributed by atoms with E-state index in [1.165, 1.54) is 24.3 Å². The van der Waals surface area contributed by atoms with E-state index in [0.29, 0.717) is 5.46 Å². The molecule has 0 aromatic heterocycles. The molecule has 1 saturated heterocycles. The lowest BCUT2D eigenvalue weighted by Crippen LogP contribution is -2.41. The smallest absolute Gasteiger partial charge is 0.399 e. The summed E-state index contributed by atoms with van der Waals surface area (Å²) in [6, 6.07) is 10.2. The van der Waals surface area contributed by atoms with E-state index in [1.807, 2.05) is 33.8 Å². The van der Waals surface area contributed by atoms with Crippen LogP contribution in [0, 0.1) is 23.0 Å². The second-order valence-corrected chi connectivity index (χ2v) is 7.13. The summed E-state index contributed by atoms with van der Waals surface area (Å²) < 4.78 is 40.5. The Balaban J connectivity index is 1.97. The highest BCUT2D eigenvalue weighted by atomic mass is 19.1. The minimum absolute atomic E-state index is 0.0528. The number of nitrogens with zero attached hydrogens (tertiary/aromatic N) is 1. The zero-order valence-electron chi connectivity index (χ0n) is 14.6. The minimum atomic E-state index is -0.691. The normalized spacial score (nSPS) is 18.2. The standard InChI is InChI=1S/C19H18BF2NO2/c1-18(2)19(3,4)25-20(24-18)13-6-7-14(17(22)10-13)15-9-12(11-23)5-8-16(15)21/h5-10H,1-4H3. The van der Waals surface area contributed by atoms with Crippen LogP contribution < -0.4 is 5.46 Å². The van der Waals surface area contributed by atoms with Crippen molar-refractivity contribution in [3.05, 3.63) is 53.6 Å². The molecule has 3 rings (SSSR count). The third kappa shape index (κ3) is 3.06. The molecule has 0 amide bonds. The maximum Gasteiger partial charge on any atom is 0.494 e. The molecule has 25 heavy (non-hydrogen) atoms. The highest BCUT2D eigenvalue weighted by molar-refractivity contribution is 6.62. The van der Waals surface area contributed by atoms with Gasteiger partial charge in [-0.25, -0.2) is 8.78 Å². The molecule has 2 aromatic rings. The first kappa shape index (κ1) is 17.6. The largest absolute Gasteiger partial charge is 0.494 e. The molecule has 0 spiro atoms. The van der Waals surface area contributed by atoms with Gasteiger partial charge in [0, 0.05) is 11.1 Å². The fourth-order valence-corrected chi connectivity index (χ4v) is 2.68. The van der Waals surface area contributed by atoms with Gasteiger partial charge in [0.1, 0.15) is 11.6 Å². The lowest BCUT2D eigenvalue weighted by molar-refractivity contribution is 0.00578. The lowest BCUT2D eigenvalue weighted by atomic mass is 9.78. The second kappa shape index (κ2) is 5.94. The van der Waals surface area contributed by atoms with Crippen LogP contribution in [0.2, 0.25) is 0 Å². The van der Waals surface area contributed by atoms with Gasteiger partial charge in [0.2, 0.25) is 0 Å². The van der Waals surface area contributed by atoms with Crippen molar-refractivity contribution in [2.45, 2.75) is 38.9 Å². The summed E-state index contributed by atoms with van der Waals surface area (Å²) in [7, 11) is -0.691. The first-order valence-corrected chi connectivity index (χ1v) is 8.00. The summed E-state index contributed by atoms with van der Waals surface area (Å²) in [6.07, 6.45) is 0. The number of nitriles is 1. The molecule has 0 saturated carbocycles. The predicted molar refractivity (Wildman–Crippen MR) is 92.2 cm³/mol. The summed E-state index contributed by atoms with van der Waals surface area (Å²) in [4.78, 5) is 0. The van der Waals surface area contributed by atoms with Gasteiger partial charge >= 0.3 is 7.12 Å². The Kier molecular flexibility index (Phi) is 4.18. The Hall–Kier alpha value is -2.23. The number of benzene rings is 2. The molecule has 1 fully saturated rings. The Bertz CT molecular complexity index is 858. The van der Waals surface area contributed by atoms with E-state index in [4.69, 9.17) is 14.6 Å². The molecule has 0 N–H and O–H groups in total. The van der Waals surface area contributed by atoms with Crippen LogP contribution in [-0.4, -0.2) is 18.3 Å².